The summed E-state index contributed by atoms with van der Waals surface area (Å²) in [5.41, 5.74) is 0.910. The minimum Gasteiger partial charge on any atom is -0.467 e. The number of fused-ring (bicyclic) bond motifs is 2. The number of rotatable bonds is 2. The van der Waals surface area contributed by atoms with Gasteiger partial charge in [0.1, 0.15) is 12.0 Å². The average molecular weight is 443 g/mol. The van der Waals surface area contributed by atoms with Crippen LogP contribution in [-0.2, 0) is 0 Å². The molecule has 4 aromatic heterocycles. The van der Waals surface area contributed by atoms with Gasteiger partial charge in [0.2, 0.25) is 5.78 Å². The Balaban J connectivity index is 1.57. The molecule has 1 aliphatic rings. The summed E-state index contributed by atoms with van der Waals surface area (Å²) in [6, 6.07) is 2.48. The largest absolute Gasteiger partial charge is 0.554 e. The lowest BCUT2D eigenvalue weighted by molar-refractivity contribution is -0.0853. The molecular weight excluding hydrogens is 425 g/mol. The van der Waals surface area contributed by atoms with Crippen LogP contribution in [-0.4, -0.2) is 67.0 Å². The Bertz CT molecular complexity index is 1390. The quantitative estimate of drug-likeness (QED) is 0.474. The molecule has 5 rings (SSSR count). The van der Waals surface area contributed by atoms with Crippen molar-refractivity contribution in [3.05, 3.63) is 41.6 Å². The van der Waals surface area contributed by atoms with Gasteiger partial charge in [0.25, 0.3) is 5.92 Å². The summed E-state index contributed by atoms with van der Waals surface area (Å²) < 4.78 is 51.7. The highest BCUT2D eigenvalue weighted by Crippen LogP contribution is 2.35. The van der Waals surface area contributed by atoms with Gasteiger partial charge in [-0.1, -0.05) is 0 Å². The lowest BCUT2D eigenvalue weighted by Crippen LogP contribution is -2.46. The van der Waals surface area contributed by atoms with Crippen LogP contribution in [0.1, 0.15) is 6.42 Å². The third kappa shape index (κ3) is 3.40. The summed E-state index contributed by atoms with van der Waals surface area (Å²) >= 11 is 0. The Morgan fingerprint density at radius 3 is 2.91 bits per heavy atom. The molecule has 0 aromatic carbocycles. The van der Waals surface area contributed by atoms with E-state index in [0.717, 1.165) is 6.20 Å². The number of ether oxygens (including phenoxy) is 1. The van der Waals surface area contributed by atoms with Crippen molar-refractivity contribution in [3.63, 3.8) is 0 Å². The molecule has 1 atom stereocenters. The number of aromatic nitrogens is 6. The first-order valence-electron chi connectivity index (χ1n) is 9.80. The van der Waals surface area contributed by atoms with E-state index in [-0.39, 0.29) is 35.9 Å². The van der Waals surface area contributed by atoms with Crippen LogP contribution in [0.2, 0.25) is 0 Å². The summed E-state index contributed by atoms with van der Waals surface area (Å²) in [6.45, 7) is 0.137. The molecule has 1 fully saturated rings. The van der Waals surface area contributed by atoms with Gasteiger partial charge in [-0.15, -0.1) is 0 Å². The first kappa shape index (κ1) is 20.2. The molecule has 1 aliphatic heterocycles. The predicted molar refractivity (Wildman–Crippen MR) is 109 cm³/mol. The van der Waals surface area contributed by atoms with E-state index in [1.54, 1.807) is 34.9 Å². The van der Waals surface area contributed by atoms with Crippen LogP contribution in [0.15, 0.2) is 31.0 Å². The maximum Gasteiger partial charge on any atom is 0.554 e. The van der Waals surface area contributed by atoms with Crippen LogP contribution in [0, 0.1) is 17.8 Å². The molecular formula is C20H18F3N8O+. The van der Waals surface area contributed by atoms with Crippen molar-refractivity contribution >= 4 is 17.2 Å². The second-order valence-corrected chi connectivity index (χ2v) is 7.62. The molecule has 164 valence electrons. The standard InChI is InChI=1S/C20H18F3N8O/c1-29-5-3-13(20(22,23)11-29)8-25-18-27-17(32-2)16-15(14(21)10-31(16)28-18)12-7-26-19-24-4-6-30(19)9-12/h4,6-7,9-10,13H,3,5,11H2,1-2H3/q+1. The molecule has 1 unspecified atom stereocenters. The monoisotopic (exact) mass is 443 g/mol. The minimum absolute atomic E-state index is 0.0420. The van der Waals surface area contributed by atoms with Gasteiger partial charge in [-0.2, -0.15) is 9.36 Å². The molecule has 12 heteroatoms. The molecule has 0 amide bonds. The molecule has 0 saturated carbocycles. The third-order valence-corrected chi connectivity index (χ3v) is 5.38. The van der Waals surface area contributed by atoms with Crippen LogP contribution < -0.4 is 4.74 Å². The average Bonchev–Trinajstić information content (AvgIpc) is 3.34. The van der Waals surface area contributed by atoms with Gasteiger partial charge < -0.3 is 9.64 Å². The molecule has 0 aliphatic carbocycles. The molecule has 0 radical (unpaired) electrons. The minimum atomic E-state index is -2.96. The molecule has 4 aromatic rings. The maximum atomic E-state index is 14.9. The van der Waals surface area contributed by atoms with Gasteiger partial charge in [-0.05, 0) is 25.0 Å². The number of halogens is 3. The van der Waals surface area contributed by atoms with E-state index >= 15 is 0 Å². The van der Waals surface area contributed by atoms with Crippen LogP contribution >= 0.6 is 0 Å². The van der Waals surface area contributed by atoms with Crippen molar-refractivity contribution in [2.24, 2.45) is 5.92 Å². The molecule has 32 heavy (non-hydrogen) atoms. The Hall–Kier alpha value is -3.72. The molecule has 0 bridgehead atoms. The van der Waals surface area contributed by atoms with E-state index in [1.165, 1.54) is 17.8 Å². The van der Waals surface area contributed by atoms with Crippen molar-refractivity contribution in [2.45, 2.75) is 12.3 Å². The van der Waals surface area contributed by atoms with Gasteiger partial charge in [-0.3, -0.25) is 4.40 Å². The molecule has 0 N–H and O–H groups in total. The highest BCUT2D eigenvalue weighted by Gasteiger charge is 2.44. The van der Waals surface area contributed by atoms with E-state index < -0.39 is 17.7 Å². The molecule has 9 nitrogen and oxygen atoms in total. The first-order valence-corrected chi connectivity index (χ1v) is 9.80. The Labute approximate surface area is 179 Å². The first-order chi connectivity index (χ1) is 15.4. The number of imidazole rings is 1. The van der Waals surface area contributed by atoms with Gasteiger partial charge in [0.05, 0.1) is 25.4 Å². The second kappa shape index (κ2) is 7.45. The summed E-state index contributed by atoms with van der Waals surface area (Å²) in [5.74, 6) is -4.34. The van der Waals surface area contributed by atoms with Crippen molar-refractivity contribution < 1.29 is 17.9 Å². The third-order valence-electron chi connectivity index (χ3n) is 5.38. The second-order valence-electron chi connectivity index (χ2n) is 7.62. The van der Waals surface area contributed by atoms with Crippen molar-refractivity contribution in [1.29, 1.82) is 0 Å². The van der Waals surface area contributed by atoms with E-state index in [1.807, 2.05) is 0 Å². The number of nitrogens with zero attached hydrogens (tertiary/aromatic N) is 8. The lowest BCUT2D eigenvalue weighted by atomic mass is 9.95. The fourth-order valence-corrected chi connectivity index (χ4v) is 3.82. The number of alkyl halides is 2. The van der Waals surface area contributed by atoms with Gasteiger partial charge in [0, 0.05) is 35.4 Å². The summed E-state index contributed by atoms with van der Waals surface area (Å²) in [4.78, 5) is 18.0. The van der Waals surface area contributed by atoms with Gasteiger partial charge >= 0.3 is 11.8 Å². The Morgan fingerprint density at radius 1 is 1.28 bits per heavy atom. The molecule has 5 heterocycles. The zero-order valence-corrected chi connectivity index (χ0v) is 17.2. The topological polar surface area (TPSA) is 77.2 Å². The number of hydrogen-bond donors (Lipinski definition) is 0. The van der Waals surface area contributed by atoms with Crippen LogP contribution in [0.3, 0.4) is 0 Å². The number of likely N-dealkylation sites (tertiary alicyclic amines) is 1. The number of methoxy groups -OCH3 is 1. The zero-order valence-electron chi connectivity index (χ0n) is 17.2. The smallest absolute Gasteiger partial charge is 0.467 e. The van der Waals surface area contributed by atoms with E-state index in [4.69, 9.17) is 4.74 Å². The molecule has 0 spiro atoms. The van der Waals surface area contributed by atoms with E-state index in [2.05, 4.69) is 31.0 Å². The van der Waals surface area contributed by atoms with Crippen LogP contribution in [0.25, 0.3) is 27.3 Å². The zero-order chi connectivity index (χ0) is 22.5. The van der Waals surface area contributed by atoms with Crippen molar-refractivity contribution in [3.8, 4) is 23.1 Å². The van der Waals surface area contributed by atoms with Crippen molar-refractivity contribution in [2.75, 3.05) is 27.2 Å². The number of hydrogen-bond acceptors (Lipinski definition) is 6. The van der Waals surface area contributed by atoms with E-state index in [9.17, 15) is 13.2 Å². The van der Waals surface area contributed by atoms with E-state index in [0.29, 0.717) is 17.9 Å². The van der Waals surface area contributed by atoms with Gasteiger partial charge in [0.15, 0.2) is 11.3 Å². The lowest BCUT2D eigenvalue weighted by Gasteiger charge is -2.32. The Kier molecular flexibility index (Phi) is 4.70. The van der Waals surface area contributed by atoms with Crippen molar-refractivity contribution in [1.82, 2.24) is 33.9 Å². The summed E-state index contributed by atoms with van der Waals surface area (Å²) in [6.07, 6.45) is 7.79. The van der Waals surface area contributed by atoms with Gasteiger partial charge in [-0.25, -0.2) is 23.1 Å². The Morgan fingerprint density at radius 2 is 2.12 bits per heavy atom. The fraction of sp³-hybridized carbons (Fsp3) is 0.350. The molecule has 1 saturated heterocycles. The SMILES string of the molecule is COc1nc([N+]#CC2CCN(C)CC2(F)F)nn2cc(F)c(-c3cnc4nccn4c3)c12. The highest BCUT2D eigenvalue weighted by atomic mass is 19.3. The summed E-state index contributed by atoms with van der Waals surface area (Å²) in [7, 11) is 3.01. The normalized spacial score (nSPS) is 18.6. The maximum absolute atomic E-state index is 14.9. The number of piperidine rings is 1. The summed E-state index contributed by atoms with van der Waals surface area (Å²) in [5, 5.41) is 4.15. The van der Waals surface area contributed by atoms with Crippen LogP contribution in [0.4, 0.5) is 19.1 Å². The fourth-order valence-electron chi connectivity index (χ4n) is 3.82. The predicted octanol–water partition coefficient (Wildman–Crippen LogP) is 3.14. The highest BCUT2D eigenvalue weighted by molar-refractivity contribution is 5.84. The van der Waals surface area contributed by atoms with Crippen LogP contribution in [0.5, 0.6) is 5.88 Å².